The molecule has 0 spiro atoms. The molecule has 1 fully saturated rings. The van der Waals surface area contributed by atoms with Crippen LogP contribution in [0.15, 0.2) is 48.5 Å². The highest BCUT2D eigenvalue weighted by Crippen LogP contribution is 2.40. The number of piperidine rings is 1. The quantitative estimate of drug-likeness (QED) is 0.256. The Morgan fingerprint density at radius 3 is 2.26 bits per heavy atom. The molecule has 1 N–H and O–H groups in total. The normalized spacial score (nSPS) is 18.4. The fourth-order valence-electron chi connectivity index (χ4n) is 4.71. The molecule has 4 nitrogen and oxygen atoms in total. The number of hydrogen-bond acceptors (Lipinski definition) is 4. The van der Waals surface area contributed by atoms with Gasteiger partial charge in [-0.2, -0.15) is 13.2 Å². The Labute approximate surface area is 208 Å². The minimum absolute atomic E-state index is 0.0347. The fraction of sp³-hybridized carbons (Fsp3) is 0.500. The van der Waals surface area contributed by atoms with Crippen molar-refractivity contribution in [2.24, 2.45) is 0 Å². The van der Waals surface area contributed by atoms with Crippen LogP contribution in [0.3, 0.4) is 0 Å². The van der Waals surface area contributed by atoms with Crippen LogP contribution in [0.1, 0.15) is 54.6 Å². The Balaban J connectivity index is 1.72. The summed E-state index contributed by atoms with van der Waals surface area (Å²) < 4.78 is 55.3. The topological polar surface area (TPSA) is 43.8 Å². The molecule has 0 amide bonds. The Kier molecular flexibility index (Phi) is 8.96. The average Bonchev–Trinajstić information content (AvgIpc) is 2.84. The average molecular weight is 515 g/mol. The van der Waals surface area contributed by atoms with Crippen molar-refractivity contribution in [1.82, 2.24) is 9.80 Å². The van der Waals surface area contributed by atoms with E-state index < -0.39 is 34.7 Å². The molecule has 0 bridgehead atoms. The number of carbonyl (C=O) groups excluding carboxylic acids is 1. The second kappa shape index (κ2) is 11.4. The Morgan fingerprint density at radius 2 is 1.71 bits per heavy atom. The first kappa shape index (κ1) is 27.6. The van der Waals surface area contributed by atoms with E-state index in [9.17, 15) is 23.1 Å². The number of aliphatic hydroxyl groups is 1. The molecule has 1 aliphatic rings. The van der Waals surface area contributed by atoms with Crippen LogP contribution in [0, 0.1) is 0 Å². The van der Waals surface area contributed by atoms with Crippen LogP contribution in [0.2, 0.25) is 5.02 Å². The zero-order valence-corrected chi connectivity index (χ0v) is 20.6. The van der Waals surface area contributed by atoms with Crippen molar-refractivity contribution in [3.63, 3.8) is 0 Å². The molecule has 1 heterocycles. The standard InChI is InChI=1S/C26H31ClF4N2O2/c1-3-32(4-2)22(24(34)18-8-6-5-7-9-18)17-23(28)33-14-12-25(35,13-15-33)19-10-11-21(27)20(16-19)26(29,30)31/h5-11,16,22-23,35H,3-4,12-15,17H2,1-2H3. The molecule has 0 radical (unpaired) electrons. The van der Waals surface area contributed by atoms with Crippen molar-refractivity contribution in [3.8, 4) is 0 Å². The van der Waals surface area contributed by atoms with Gasteiger partial charge in [-0.3, -0.25) is 14.6 Å². The van der Waals surface area contributed by atoms with Gasteiger partial charge in [0.1, 0.15) is 0 Å². The summed E-state index contributed by atoms with van der Waals surface area (Å²) in [6, 6.07) is 11.5. The van der Waals surface area contributed by atoms with Gasteiger partial charge in [-0.1, -0.05) is 61.8 Å². The molecular formula is C26H31ClF4N2O2. The van der Waals surface area contributed by atoms with E-state index in [4.69, 9.17) is 11.6 Å². The Bertz CT molecular complexity index is 991. The van der Waals surface area contributed by atoms with Gasteiger partial charge in [-0.05, 0) is 43.6 Å². The highest BCUT2D eigenvalue weighted by Gasteiger charge is 2.40. The van der Waals surface area contributed by atoms with E-state index in [0.717, 1.165) is 12.1 Å². The molecule has 3 rings (SSSR count). The molecule has 0 aliphatic carbocycles. The summed E-state index contributed by atoms with van der Waals surface area (Å²) >= 11 is 5.71. The van der Waals surface area contributed by atoms with Gasteiger partial charge in [0, 0.05) is 25.1 Å². The van der Waals surface area contributed by atoms with Crippen molar-refractivity contribution in [1.29, 1.82) is 0 Å². The molecule has 0 aromatic heterocycles. The lowest BCUT2D eigenvalue weighted by atomic mass is 9.83. The molecule has 9 heteroatoms. The number of alkyl halides is 4. The predicted octanol–water partition coefficient (Wildman–Crippen LogP) is 5.92. The van der Waals surface area contributed by atoms with Crippen molar-refractivity contribution < 1.29 is 27.5 Å². The van der Waals surface area contributed by atoms with Crippen molar-refractivity contribution in [2.75, 3.05) is 26.2 Å². The van der Waals surface area contributed by atoms with Crippen LogP contribution in [0.4, 0.5) is 17.6 Å². The van der Waals surface area contributed by atoms with E-state index in [1.807, 2.05) is 24.8 Å². The predicted molar refractivity (Wildman–Crippen MR) is 128 cm³/mol. The third-order valence-corrected chi connectivity index (χ3v) is 7.19. The monoisotopic (exact) mass is 514 g/mol. The number of Topliss-reactive ketones (excluding diaryl/α,β-unsaturated/α-hetero) is 1. The van der Waals surface area contributed by atoms with Crippen molar-refractivity contribution in [3.05, 3.63) is 70.2 Å². The van der Waals surface area contributed by atoms with Crippen LogP contribution < -0.4 is 0 Å². The molecule has 2 atom stereocenters. The van der Waals surface area contributed by atoms with E-state index in [2.05, 4.69) is 0 Å². The maximum Gasteiger partial charge on any atom is 0.417 e. The van der Waals surface area contributed by atoms with Crippen LogP contribution in [-0.4, -0.2) is 59.2 Å². The largest absolute Gasteiger partial charge is 0.417 e. The van der Waals surface area contributed by atoms with Gasteiger partial charge >= 0.3 is 6.18 Å². The van der Waals surface area contributed by atoms with E-state index >= 15 is 4.39 Å². The highest BCUT2D eigenvalue weighted by atomic mass is 35.5. The molecule has 192 valence electrons. The smallest absolute Gasteiger partial charge is 0.385 e. The molecule has 2 aromatic rings. The number of likely N-dealkylation sites (N-methyl/N-ethyl adjacent to an activating group) is 1. The lowest BCUT2D eigenvalue weighted by molar-refractivity contribution is -0.137. The molecule has 0 saturated carbocycles. The number of hydrogen-bond donors (Lipinski definition) is 1. The Hall–Kier alpha value is -2.00. The zero-order valence-electron chi connectivity index (χ0n) is 19.9. The molecule has 35 heavy (non-hydrogen) atoms. The highest BCUT2D eigenvalue weighted by molar-refractivity contribution is 6.31. The maximum atomic E-state index is 15.5. The zero-order chi connectivity index (χ0) is 25.8. The van der Waals surface area contributed by atoms with Gasteiger partial charge in [0.15, 0.2) is 12.1 Å². The lowest BCUT2D eigenvalue weighted by Gasteiger charge is -2.41. The molecule has 2 unspecified atom stereocenters. The summed E-state index contributed by atoms with van der Waals surface area (Å²) in [7, 11) is 0. The maximum absolute atomic E-state index is 15.5. The summed E-state index contributed by atoms with van der Waals surface area (Å²) in [5.74, 6) is -0.147. The third-order valence-electron chi connectivity index (χ3n) is 6.86. The van der Waals surface area contributed by atoms with Gasteiger partial charge in [-0.15, -0.1) is 0 Å². The minimum atomic E-state index is -4.64. The lowest BCUT2D eigenvalue weighted by Crippen LogP contribution is -2.49. The van der Waals surface area contributed by atoms with Gasteiger partial charge < -0.3 is 5.11 Å². The summed E-state index contributed by atoms with van der Waals surface area (Å²) in [4.78, 5) is 16.7. The number of halogens is 5. The number of nitrogens with zero attached hydrogens (tertiary/aromatic N) is 2. The molecular weight excluding hydrogens is 484 g/mol. The van der Waals surface area contributed by atoms with Gasteiger partial charge in [0.05, 0.1) is 22.2 Å². The summed E-state index contributed by atoms with van der Waals surface area (Å²) in [6.45, 7) is 5.31. The van der Waals surface area contributed by atoms with Crippen molar-refractivity contribution in [2.45, 2.75) is 57.2 Å². The molecule has 2 aromatic carbocycles. The number of rotatable bonds is 9. The van der Waals surface area contributed by atoms with Gasteiger partial charge in [0.2, 0.25) is 0 Å². The van der Waals surface area contributed by atoms with Crippen LogP contribution in [-0.2, 0) is 11.8 Å². The molecule has 1 aliphatic heterocycles. The van der Waals surface area contributed by atoms with Crippen LogP contribution >= 0.6 is 11.6 Å². The third kappa shape index (κ3) is 6.42. The first-order valence-corrected chi connectivity index (χ1v) is 12.2. The van der Waals surface area contributed by atoms with E-state index in [1.54, 1.807) is 29.2 Å². The number of likely N-dealkylation sites (tertiary alicyclic amines) is 1. The van der Waals surface area contributed by atoms with Gasteiger partial charge in [0.25, 0.3) is 0 Å². The van der Waals surface area contributed by atoms with E-state index in [-0.39, 0.29) is 43.7 Å². The van der Waals surface area contributed by atoms with Crippen LogP contribution in [0.25, 0.3) is 0 Å². The summed E-state index contributed by atoms with van der Waals surface area (Å²) in [5, 5.41) is 10.7. The minimum Gasteiger partial charge on any atom is -0.385 e. The SMILES string of the molecule is CCN(CC)C(CC(F)N1CCC(O)(c2ccc(Cl)c(C(F)(F)F)c2)CC1)C(=O)c1ccccc1. The second-order valence-electron chi connectivity index (χ2n) is 8.90. The summed E-state index contributed by atoms with van der Waals surface area (Å²) in [5.41, 5.74) is -1.88. The Morgan fingerprint density at radius 1 is 1.11 bits per heavy atom. The molecule has 1 saturated heterocycles. The summed E-state index contributed by atoms with van der Waals surface area (Å²) in [6.07, 6.45) is -5.98. The van der Waals surface area contributed by atoms with Crippen molar-refractivity contribution >= 4 is 17.4 Å². The number of benzene rings is 2. The number of ketones is 1. The first-order valence-electron chi connectivity index (χ1n) is 11.8. The number of carbonyl (C=O) groups is 1. The first-order chi connectivity index (χ1) is 16.5. The van der Waals surface area contributed by atoms with E-state index in [1.165, 1.54) is 6.07 Å². The van der Waals surface area contributed by atoms with Crippen LogP contribution in [0.5, 0.6) is 0 Å². The van der Waals surface area contributed by atoms with Gasteiger partial charge in [-0.25, -0.2) is 4.39 Å². The second-order valence-corrected chi connectivity index (χ2v) is 9.30. The van der Waals surface area contributed by atoms with E-state index in [0.29, 0.717) is 18.7 Å². The fourth-order valence-corrected chi connectivity index (χ4v) is 4.93.